The van der Waals surface area contributed by atoms with E-state index < -0.39 is 4.92 Å². The van der Waals surface area contributed by atoms with E-state index >= 15 is 0 Å². The van der Waals surface area contributed by atoms with Crippen molar-refractivity contribution in [2.24, 2.45) is 0 Å². The summed E-state index contributed by atoms with van der Waals surface area (Å²) in [4.78, 5) is 22.8. The van der Waals surface area contributed by atoms with Crippen molar-refractivity contribution in [3.63, 3.8) is 0 Å². The highest BCUT2D eigenvalue weighted by molar-refractivity contribution is 7.98. The SMILES string of the molecule is O=C(NCc1nnc(SCc2ccccc2)n1-c1ccc([N+](=O)[O-])cc1)c1ccco1. The molecule has 0 aliphatic carbocycles. The minimum absolute atomic E-state index is 0.0111. The van der Waals surface area contributed by atoms with Gasteiger partial charge >= 0.3 is 0 Å². The van der Waals surface area contributed by atoms with E-state index in [1.807, 2.05) is 30.3 Å². The van der Waals surface area contributed by atoms with Gasteiger partial charge in [0.2, 0.25) is 0 Å². The van der Waals surface area contributed by atoms with Crippen LogP contribution in [0.4, 0.5) is 5.69 Å². The molecule has 156 valence electrons. The zero-order chi connectivity index (χ0) is 21.6. The van der Waals surface area contributed by atoms with Gasteiger partial charge in [-0.3, -0.25) is 19.5 Å². The Hall–Kier alpha value is -3.92. The molecule has 0 spiro atoms. The average molecular weight is 435 g/mol. The van der Waals surface area contributed by atoms with E-state index in [-0.39, 0.29) is 23.9 Å². The fourth-order valence-corrected chi connectivity index (χ4v) is 3.79. The molecule has 10 heteroatoms. The number of hydrogen-bond donors (Lipinski definition) is 1. The fraction of sp³-hybridized carbons (Fsp3) is 0.0952. The Balaban J connectivity index is 1.60. The largest absolute Gasteiger partial charge is 0.459 e. The molecule has 0 aliphatic heterocycles. The lowest BCUT2D eigenvalue weighted by atomic mass is 10.2. The Morgan fingerprint density at radius 1 is 1.06 bits per heavy atom. The summed E-state index contributed by atoms with van der Waals surface area (Å²) in [6, 6.07) is 19.2. The van der Waals surface area contributed by atoms with E-state index in [2.05, 4.69) is 15.5 Å². The summed E-state index contributed by atoms with van der Waals surface area (Å²) in [6.45, 7) is 0.107. The first kappa shape index (κ1) is 20.4. The van der Waals surface area contributed by atoms with Crippen LogP contribution in [0.2, 0.25) is 0 Å². The molecule has 0 saturated carbocycles. The van der Waals surface area contributed by atoms with Crippen molar-refractivity contribution in [1.82, 2.24) is 20.1 Å². The van der Waals surface area contributed by atoms with E-state index in [0.29, 0.717) is 22.4 Å². The number of furan rings is 1. The second-order valence-corrected chi connectivity index (χ2v) is 7.38. The van der Waals surface area contributed by atoms with Gasteiger partial charge in [-0.1, -0.05) is 42.1 Å². The van der Waals surface area contributed by atoms with Crippen molar-refractivity contribution in [1.29, 1.82) is 0 Å². The van der Waals surface area contributed by atoms with Crippen molar-refractivity contribution in [3.8, 4) is 5.69 Å². The molecule has 0 aliphatic rings. The third-order valence-corrected chi connectivity index (χ3v) is 5.38. The molecule has 1 amide bonds. The number of nitro groups is 1. The van der Waals surface area contributed by atoms with Crippen LogP contribution in [-0.4, -0.2) is 25.6 Å². The molecule has 2 heterocycles. The maximum atomic E-state index is 12.2. The van der Waals surface area contributed by atoms with Crippen molar-refractivity contribution in [2.75, 3.05) is 0 Å². The molecule has 0 fully saturated rings. The van der Waals surface area contributed by atoms with Crippen molar-refractivity contribution >= 4 is 23.4 Å². The lowest BCUT2D eigenvalue weighted by Crippen LogP contribution is -2.24. The molecule has 1 N–H and O–H groups in total. The quantitative estimate of drug-likeness (QED) is 0.253. The zero-order valence-electron chi connectivity index (χ0n) is 16.2. The summed E-state index contributed by atoms with van der Waals surface area (Å²) < 4.78 is 6.88. The summed E-state index contributed by atoms with van der Waals surface area (Å²) in [5.41, 5.74) is 1.77. The highest BCUT2D eigenvalue weighted by Crippen LogP contribution is 2.26. The van der Waals surface area contributed by atoms with Crippen LogP contribution in [0.5, 0.6) is 0 Å². The van der Waals surface area contributed by atoms with Crippen molar-refractivity contribution in [3.05, 3.63) is 100 Å². The predicted molar refractivity (Wildman–Crippen MR) is 114 cm³/mol. The Morgan fingerprint density at radius 2 is 1.84 bits per heavy atom. The normalized spacial score (nSPS) is 10.7. The predicted octanol–water partition coefficient (Wildman–Crippen LogP) is 3.99. The molecule has 4 aromatic rings. The van der Waals surface area contributed by atoms with Gasteiger partial charge < -0.3 is 9.73 Å². The first-order valence-corrected chi connectivity index (χ1v) is 10.3. The molecule has 31 heavy (non-hydrogen) atoms. The van der Waals surface area contributed by atoms with Crippen molar-refractivity contribution in [2.45, 2.75) is 17.5 Å². The molecule has 2 aromatic carbocycles. The number of carbonyl (C=O) groups is 1. The Kier molecular flexibility index (Phi) is 6.08. The number of rotatable bonds is 8. The van der Waals surface area contributed by atoms with E-state index in [1.165, 1.54) is 30.2 Å². The number of benzene rings is 2. The molecular weight excluding hydrogens is 418 g/mol. The minimum Gasteiger partial charge on any atom is -0.459 e. The Bertz CT molecular complexity index is 1170. The number of nitrogens with one attached hydrogen (secondary N) is 1. The smallest absolute Gasteiger partial charge is 0.287 e. The van der Waals surface area contributed by atoms with Gasteiger partial charge in [0, 0.05) is 23.6 Å². The third kappa shape index (κ3) is 4.81. The molecule has 0 bridgehead atoms. The molecule has 0 atom stereocenters. The van der Waals surface area contributed by atoms with E-state index in [9.17, 15) is 14.9 Å². The molecule has 0 unspecified atom stereocenters. The van der Waals surface area contributed by atoms with Crippen LogP contribution in [0.25, 0.3) is 5.69 Å². The highest BCUT2D eigenvalue weighted by atomic mass is 32.2. The van der Waals surface area contributed by atoms with E-state index in [4.69, 9.17) is 4.42 Å². The highest BCUT2D eigenvalue weighted by Gasteiger charge is 2.17. The summed E-state index contributed by atoms with van der Waals surface area (Å²) in [6.07, 6.45) is 1.42. The van der Waals surface area contributed by atoms with Crippen LogP contribution in [-0.2, 0) is 12.3 Å². The van der Waals surface area contributed by atoms with Crippen LogP contribution in [0.1, 0.15) is 21.9 Å². The lowest BCUT2D eigenvalue weighted by molar-refractivity contribution is -0.384. The first-order valence-electron chi connectivity index (χ1n) is 9.29. The van der Waals surface area contributed by atoms with Crippen LogP contribution in [0.15, 0.2) is 82.6 Å². The first-order chi connectivity index (χ1) is 15.1. The van der Waals surface area contributed by atoms with Gasteiger partial charge in [0.05, 0.1) is 17.7 Å². The van der Waals surface area contributed by atoms with E-state index in [1.54, 1.807) is 28.8 Å². The van der Waals surface area contributed by atoms with Gasteiger partial charge in [0.25, 0.3) is 11.6 Å². The Morgan fingerprint density at radius 3 is 2.52 bits per heavy atom. The average Bonchev–Trinajstić information content (AvgIpc) is 3.47. The number of non-ortho nitro benzene ring substituents is 1. The molecule has 2 aromatic heterocycles. The number of amides is 1. The van der Waals surface area contributed by atoms with Crippen molar-refractivity contribution < 1.29 is 14.1 Å². The lowest BCUT2D eigenvalue weighted by Gasteiger charge is -2.11. The summed E-state index contributed by atoms with van der Waals surface area (Å²) in [7, 11) is 0. The maximum absolute atomic E-state index is 12.2. The molecule has 0 radical (unpaired) electrons. The fourth-order valence-electron chi connectivity index (χ4n) is 2.87. The van der Waals surface area contributed by atoms with Crippen LogP contribution < -0.4 is 5.32 Å². The zero-order valence-corrected chi connectivity index (χ0v) is 17.0. The number of hydrogen-bond acceptors (Lipinski definition) is 7. The van der Waals surface area contributed by atoms with E-state index in [0.717, 1.165) is 5.56 Å². The molecule has 9 nitrogen and oxygen atoms in total. The van der Waals surface area contributed by atoms with Gasteiger partial charge in [-0.2, -0.15) is 0 Å². The Labute approximate surface area is 181 Å². The van der Waals surface area contributed by atoms with Gasteiger partial charge in [-0.05, 0) is 29.8 Å². The topological polar surface area (TPSA) is 116 Å². The summed E-state index contributed by atoms with van der Waals surface area (Å²) >= 11 is 1.48. The second-order valence-electron chi connectivity index (χ2n) is 6.44. The van der Waals surface area contributed by atoms with Crippen LogP contribution in [0.3, 0.4) is 0 Å². The number of thioether (sulfide) groups is 1. The summed E-state index contributed by atoms with van der Waals surface area (Å²) in [5, 5.41) is 22.9. The van der Waals surface area contributed by atoms with Crippen LogP contribution >= 0.6 is 11.8 Å². The number of carbonyl (C=O) groups excluding carboxylic acids is 1. The van der Waals surface area contributed by atoms with Gasteiger partial charge in [-0.25, -0.2) is 0 Å². The third-order valence-electron chi connectivity index (χ3n) is 4.38. The molecule has 0 saturated heterocycles. The van der Waals surface area contributed by atoms with Crippen LogP contribution in [0, 0.1) is 10.1 Å². The van der Waals surface area contributed by atoms with Gasteiger partial charge in [0.15, 0.2) is 16.7 Å². The van der Waals surface area contributed by atoms with Gasteiger partial charge in [0.1, 0.15) is 0 Å². The second kappa shape index (κ2) is 9.26. The molecular formula is C21H17N5O4S. The summed E-state index contributed by atoms with van der Waals surface area (Å²) in [5.74, 6) is 0.983. The standard InChI is InChI=1S/C21H17N5O4S/c27-20(18-7-4-12-30-18)22-13-19-23-24-21(31-14-15-5-2-1-3-6-15)25(19)16-8-10-17(11-9-16)26(28)29/h1-12H,13-14H2,(H,22,27). The molecule has 4 rings (SSSR count). The van der Waals surface area contributed by atoms with Gasteiger partial charge in [-0.15, -0.1) is 10.2 Å². The minimum atomic E-state index is -0.453. The maximum Gasteiger partial charge on any atom is 0.287 e. The number of nitrogens with zero attached hydrogens (tertiary/aromatic N) is 4. The monoisotopic (exact) mass is 435 g/mol. The number of nitro benzene ring substituents is 1. The number of aromatic nitrogens is 3.